The molecule has 1 unspecified atom stereocenters. The smallest absolute Gasteiger partial charge is 0.496 e. The second-order valence-electron chi connectivity index (χ2n) is 6.87. The van der Waals surface area contributed by atoms with Crippen molar-refractivity contribution >= 4 is 26.5 Å². The molecule has 0 aliphatic rings. The van der Waals surface area contributed by atoms with Crippen LogP contribution in [0.25, 0.3) is 6.08 Å². The number of methoxy groups -OCH3 is 3. The minimum absolute atomic E-state index is 0.0300. The molecule has 1 atom stereocenters. The van der Waals surface area contributed by atoms with E-state index in [0.717, 1.165) is 0 Å². The molecule has 0 N–H and O–H groups in total. The highest BCUT2D eigenvalue weighted by Crippen LogP contribution is 2.51. The zero-order valence-electron chi connectivity index (χ0n) is 19.3. The molecule has 0 aromatic heterocycles. The largest absolute Gasteiger partial charge is 0.647 e. The van der Waals surface area contributed by atoms with Crippen molar-refractivity contribution in [3.8, 4) is 34.5 Å². The maximum atomic E-state index is 13.8. The summed E-state index contributed by atoms with van der Waals surface area (Å²) < 4.78 is 46.4. The van der Waals surface area contributed by atoms with Gasteiger partial charge in [0.2, 0.25) is 0 Å². The van der Waals surface area contributed by atoms with Crippen molar-refractivity contribution in [2.45, 2.75) is 0 Å². The SMILES string of the molecule is C=Cc1ccc(OP(=O)(Oc2ccc(OC)c(C=O)c2)Oc2ccc(C=O)c(OC)c2)cc1OC. The number of rotatable bonds is 12. The second kappa shape index (κ2) is 11.3. The topological polar surface area (TPSA) is 107 Å². The Balaban J connectivity index is 2.02. The summed E-state index contributed by atoms with van der Waals surface area (Å²) in [5.41, 5.74) is 1.13. The third-order valence-electron chi connectivity index (χ3n) is 4.74. The first-order chi connectivity index (χ1) is 16.9. The van der Waals surface area contributed by atoms with Crippen molar-refractivity contribution in [3.05, 3.63) is 77.9 Å². The van der Waals surface area contributed by atoms with Crippen LogP contribution in [-0.4, -0.2) is 33.9 Å². The van der Waals surface area contributed by atoms with Gasteiger partial charge in [0.1, 0.15) is 34.5 Å². The van der Waals surface area contributed by atoms with E-state index in [1.54, 1.807) is 18.2 Å². The number of carbonyl (C=O) groups excluding carboxylic acids is 2. The molecule has 0 spiro atoms. The van der Waals surface area contributed by atoms with Crippen LogP contribution >= 0.6 is 7.82 Å². The predicted molar refractivity (Wildman–Crippen MR) is 129 cm³/mol. The highest BCUT2D eigenvalue weighted by Gasteiger charge is 2.34. The Morgan fingerprint density at radius 1 is 0.629 bits per heavy atom. The normalized spacial score (nSPS) is 12.0. The summed E-state index contributed by atoms with van der Waals surface area (Å²) in [4.78, 5) is 22.6. The van der Waals surface area contributed by atoms with Gasteiger partial charge < -0.3 is 27.8 Å². The Morgan fingerprint density at radius 2 is 1.09 bits per heavy atom. The van der Waals surface area contributed by atoms with Crippen LogP contribution in [0.1, 0.15) is 26.3 Å². The Bertz CT molecular complexity index is 1220. The standard InChI is InChI=1S/C25H23O9P/c1-5-17-6-8-21(13-24(17)30-3)33-35(28,32-20-10-11-23(29-2)19(12-20)16-27)34-22-9-7-18(15-26)25(14-22)31-4/h5-16H,1H2,2-4H3. The van der Waals surface area contributed by atoms with Gasteiger partial charge in [-0.1, -0.05) is 12.7 Å². The molecule has 0 fully saturated rings. The van der Waals surface area contributed by atoms with Gasteiger partial charge in [-0.2, -0.15) is 4.57 Å². The lowest BCUT2D eigenvalue weighted by molar-refractivity contribution is 0.111. The third-order valence-corrected chi connectivity index (χ3v) is 6.04. The van der Waals surface area contributed by atoms with Crippen molar-refractivity contribution in [2.75, 3.05) is 21.3 Å². The van der Waals surface area contributed by atoms with Crippen LogP contribution in [0.5, 0.6) is 34.5 Å². The van der Waals surface area contributed by atoms with Crippen molar-refractivity contribution in [3.63, 3.8) is 0 Å². The summed E-state index contributed by atoms with van der Waals surface area (Å²) >= 11 is 0. The summed E-state index contributed by atoms with van der Waals surface area (Å²) in [6.45, 7) is 3.72. The number of phosphoric ester groups is 1. The van der Waals surface area contributed by atoms with E-state index in [9.17, 15) is 14.2 Å². The number of aldehydes is 2. The van der Waals surface area contributed by atoms with Gasteiger partial charge in [0.15, 0.2) is 12.6 Å². The summed E-state index contributed by atoms with van der Waals surface area (Å²) in [5.74, 6) is 1.14. The molecule has 10 heteroatoms. The van der Waals surface area contributed by atoms with Gasteiger partial charge in [0, 0.05) is 17.7 Å². The number of benzene rings is 3. The van der Waals surface area contributed by atoms with E-state index >= 15 is 0 Å². The average molecular weight is 498 g/mol. The molecule has 0 aliphatic carbocycles. The number of phosphoric acid groups is 1. The maximum absolute atomic E-state index is 13.8. The molecule has 0 amide bonds. The van der Waals surface area contributed by atoms with E-state index in [4.69, 9.17) is 27.8 Å². The Labute approximate surface area is 202 Å². The predicted octanol–water partition coefficient (Wildman–Crippen LogP) is 5.63. The number of ether oxygens (including phenoxy) is 3. The van der Waals surface area contributed by atoms with Crippen LogP contribution in [0.15, 0.2) is 61.2 Å². The average Bonchev–Trinajstić information content (AvgIpc) is 2.88. The minimum atomic E-state index is -4.43. The molecule has 0 aliphatic heterocycles. The zero-order valence-corrected chi connectivity index (χ0v) is 20.2. The van der Waals surface area contributed by atoms with Gasteiger partial charge in [-0.25, -0.2) is 0 Å². The van der Waals surface area contributed by atoms with E-state index in [-0.39, 0.29) is 34.1 Å². The van der Waals surface area contributed by atoms with Crippen LogP contribution in [-0.2, 0) is 4.57 Å². The number of hydrogen-bond donors (Lipinski definition) is 0. The fourth-order valence-electron chi connectivity index (χ4n) is 3.07. The monoisotopic (exact) mass is 498 g/mol. The molecule has 182 valence electrons. The lowest BCUT2D eigenvalue weighted by Crippen LogP contribution is -2.08. The Morgan fingerprint density at radius 3 is 1.57 bits per heavy atom. The first-order valence-electron chi connectivity index (χ1n) is 10.1. The highest BCUT2D eigenvalue weighted by molar-refractivity contribution is 7.49. The first-order valence-corrected chi connectivity index (χ1v) is 11.6. The fourth-order valence-corrected chi connectivity index (χ4v) is 4.29. The summed E-state index contributed by atoms with van der Waals surface area (Å²) in [6, 6.07) is 13.2. The molecular formula is C25H23O9P. The number of hydrogen-bond acceptors (Lipinski definition) is 9. The Kier molecular flexibility index (Phi) is 8.17. The number of carbonyl (C=O) groups is 2. The van der Waals surface area contributed by atoms with Gasteiger partial charge in [-0.15, -0.1) is 0 Å². The van der Waals surface area contributed by atoms with E-state index in [1.165, 1.54) is 63.8 Å². The molecule has 0 heterocycles. The van der Waals surface area contributed by atoms with Crippen molar-refractivity contribution < 1.29 is 41.9 Å². The quantitative estimate of drug-likeness (QED) is 0.232. The second-order valence-corrected chi connectivity index (χ2v) is 8.31. The lowest BCUT2D eigenvalue weighted by atomic mass is 10.2. The van der Waals surface area contributed by atoms with Gasteiger partial charge in [0.05, 0.1) is 32.5 Å². The van der Waals surface area contributed by atoms with Gasteiger partial charge in [0.25, 0.3) is 0 Å². The van der Waals surface area contributed by atoms with Crippen molar-refractivity contribution in [2.24, 2.45) is 0 Å². The van der Waals surface area contributed by atoms with E-state index in [1.807, 2.05) is 0 Å². The molecule has 3 aromatic rings. The molecule has 9 nitrogen and oxygen atoms in total. The molecule has 0 saturated carbocycles. The van der Waals surface area contributed by atoms with Crippen LogP contribution in [0.3, 0.4) is 0 Å². The zero-order chi connectivity index (χ0) is 25.4. The summed E-state index contributed by atoms with van der Waals surface area (Å²) in [6.07, 6.45) is 2.77. The van der Waals surface area contributed by atoms with Gasteiger partial charge in [-0.3, -0.25) is 9.59 Å². The fraction of sp³-hybridized carbons (Fsp3) is 0.120. The van der Waals surface area contributed by atoms with Crippen LogP contribution in [0.4, 0.5) is 0 Å². The Hall–Kier alpha value is -4.23. The molecule has 35 heavy (non-hydrogen) atoms. The highest BCUT2D eigenvalue weighted by atomic mass is 31.2. The van der Waals surface area contributed by atoms with E-state index < -0.39 is 7.82 Å². The van der Waals surface area contributed by atoms with Crippen LogP contribution in [0.2, 0.25) is 0 Å². The summed E-state index contributed by atoms with van der Waals surface area (Å²) in [5, 5.41) is 0. The first kappa shape index (κ1) is 25.4. The van der Waals surface area contributed by atoms with E-state index in [0.29, 0.717) is 29.6 Å². The molecule has 0 radical (unpaired) electrons. The molecule has 3 rings (SSSR count). The molecular weight excluding hydrogens is 475 g/mol. The molecule has 0 bridgehead atoms. The van der Waals surface area contributed by atoms with Crippen molar-refractivity contribution in [1.29, 1.82) is 0 Å². The van der Waals surface area contributed by atoms with Crippen LogP contribution in [0, 0.1) is 0 Å². The van der Waals surface area contributed by atoms with Gasteiger partial charge in [-0.05, 0) is 42.5 Å². The molecule has 3 aromatic carbocycles. The molecule has 0 saturated heterocycles. The van der Waals surface area contributed by atoms with E-state index in [2.05, 4.69) is 6.58 Å². The van der Waals surface area contributed by atoms with Crippen molar-refractivity contribution in [1.82, 2.24) is 0 Å². The maximum Gasteiger partial charge on any atom is 0.647 e. The van der Waals surface area contributed by atoms with Crippen LogP contribution < -0.4 is 27.8 Å². The third kappa shape index (κ3) is 6.02. The minimum Gasteiger partial charge on any atom is -0.496 e. The van der Waals surface area contributed by atoms with Gasteiger partial charge >= 0.3 is 7.82 Å². The lowest BCUT2D eigenvalue weighted by Gasteiger charge is -2.20. The summed E-state index contributed by atoms with van der Waals surface area (Å²) in [7, 11) is -0.166.